The van der Waals surface area contributed by atoms with Gasteiger partial charge in [-0.05, 0) is 77.9 Å². The van der Waals surface area contributed by atoms with Crippen LogP contribution >= 0.6 is 31.9 Å². The minimum Gasteiger partial charge on any atom is -0.0654 e. The fourth-order valence-electron chi connectivity index (χ4n) is 2.86. The number of unbranched alkanes of at least 4 members (excludes halogenated alkanes) is 2. The zero-order chi connectivity index (χ0) is 14.8. The SMILES string of the molecule is CCCCCc1ccc2c(Br)c3ccccc3c(Br)c2c1. The van der Waals surface area contributed by atoms with Crippen molar-refractivity contribution in [3.63, 3.8) is 0 Å². The molecule has 0 aliphatic rings. The maximum Gasteiger partial charge on any atom is 0.0333 e. The monoisotopic (exact) mass is 404 g/mol. The van der Waals surface area contributed by atoms with Crippen molar-refractivity contribution in [2.75, 3.05) is 0 Å². The van der Waals surface area contributed by atoms with Crippen LogP contribution in [0, 0.1) is 0 Å². The van der Waals surface area contributed by atoms with E-state index in [0.29, 0.717) is 0 Å². The van der Waals surface area contributed by atoms with Crippen LogP contribution < -0.4 is 0 Å². The lowest BCUT2D eigenvalue weighted by Crippen LogP contribution is -1.88. The molecule has 3 rings (SSSR count). The minimum absolute atomic E-state index is 1.17. The summed E-state index contributed by atoms with van der Waals surface area (Å²) in [7, 11) is 0. The minimum atomic E-state index is 1.17. The zero-order valence-corrected chi connectivity index (χ0v) is 15.3. The molecule has 0 amide bonds. The highest BCUT2D eigenvalue weighted by molar-refractivity contribution is 9.11. The number of benzene rings is 3. The van der Waals surface area contributed by atoms with Gasteiger partial charge in [-0.1, -0.05) is 56.2 Å². The topological polar surface area (TPSA) is 0 Å². The largest absolute Gasteiger partial charge is 0.0654 e. The first-order valence-corrected chi connectivity index (χ1v) is 9.09. The molecule has 3 aromatic rings. The molecule has 0 aliphatic carbocycles. The van der Waals surface area contributed by atoms with Gasteiger partial charge in [-0.25, -0.2) is 0 Å². The van der Waals surface area contributed by atoms with Crippen LogP contribution in [0.15, 0.2) is 51.4 Å². The maximum atomic E-state index is 3.81. The van der Waals surface area contributed by atoms with Crippen molar-refractivity contribution in [2.45, 2.75) is 32.6 Å². The first-order valence-electron chi connectivity index (χ1n) is 7.50. The Kier molecular flexibility index (Phi) is 4.66. The summed E-state index contributed by atoms with van der Waals surface area (Å²) in [6, 6.07) is 15.4. The van der Waals surface area contributed by atoms with Gasteiger partial charge >= 0.3 is 0 Å². The summed E-state index contributed by atoms with van der Waals surface area (Å²) >= 11 is 7.60. The second kappa shape index (κ2) is 6.50. The van der Waals surface area contributed by atoms with E-state index in [4.69, 9.17) is 0 Å². The van der Waals surface area contributed by atoms with E-state index < -0.39 is 0 Å². The van der Waals surface area contributed by atoms with Crippen LogP contribution in [0.3, 0.4) is 0 Å². The van der Waals surface area contributed by atoms with Crippen molar-refractivity contribution in [2.24, 2.45) is 0 Å². The molecule has 0 saturated carbocycles. The summed E-state index contributed by atoms with van der Waals surface area (Å²) in [5, 5.41) is 5.10. The maximum absolute atomic E-state index is 3.81. The van der Waals surface area contributed by atoms with Crippen molar-refractivity contribution >= 4 is 53.4 Å². The molecule has 108 valence electrons. The van der Waals surface area contributed by atoms with Gasteiger partial charge in [0, 0.05) is 8.95 Å². The fourth-order valence-corrected chi connectivity index (χ4v) is 4.22. The highest BCUT2D eigenvalue weighted by Crippen LogP contribution is 2.39. The van der Waals surface area contributed by atoms with Gasteiger partial charge in [0.15, 0.2) is 0 Å². The van der Waals surface area contributed by atoms with Crippen molar-refractivity contribution in [3.05, 3.63) is 57.0 Å². The highest BCUT2D eigenvalue weighted by Gasteiger charge is 2.10. The molecule has 0 nitrogen and oxygen atoms in total. The lowest BCUT2D eigenvalue weighted by atomic mass is 9.99. The quantitative estimate of drug-likeness (QED) is 0.316. The third kappa shape index (κ3) is 2.89. The number of rotatable bonds is 4. The van der Waals surface area contributed by atoms with E-state index in [2.05, 4.69) is 81.2 Å². The van der Waals surface area contributed by atoms with Gasteiger partial charge in [0.2, 0.25) is 0 Å². The molecular weight excluding hydrogens is 388 g/mol. The van der Waals surface area contributed by atoms with Crippen LogP contribution in [0.25, 0.3) is 21.5 Å². The van der Waals surface area contributed by atoms with Gasteiger partial charge in [-0.15, -0.1) is 0 Å². The molecule has 0 atom stereocenters. The molecule has 0 fully saturated rings. The predicted molar refractivity (Wildman–Crippen MR) is 100 cm³/mol. The van der Waals surface area contributed by atoms with E-state index in [1.165, 1.54) is 61.7 Å². The number of hydrogen-bond acceptors (Lipinski definition) is 0. The molecule has 0 aromatic heterocycles. The lowest BCUT2D eigenvalue weighted by Gasteiger charge is -2.11. The second-order valence-corrected chi connectivity index (χ2v) is 7.10. The summed E-state index contributed by atoms with van der Waals surface area (Å²) < 4.78 is 2.39. The molecule has 0 unspecified atom stereocenters. The molecule has 0 bridgehead atoms. The Morgan fingerprint density at radius 1 is 0.762 bits per heavy atom. The summed E-state index contributed by atoms with van der Waals surface area (Å²) in [6.45, 7) is 2.25. The molecule has 0 N–H and O–H groups in total. The number of hydrogen-bond donors (Lipinski definition) is 0. The van der Waals surface area contributed by atoms with Crippen LogP contribution in [0.4, 0.5) is 0 Å². The standard InChI is InChI=1S/C19H18Br2/c1-2-3-4-7-13-10-11-16-17(12-13)19(21)15-9-6-5-8-14(15)18(16)20/h5-6,8-12H,2-4,7H2,1H3. The van der Waals surface area contributed by atoms with E-state index in [1.54, 1.807) is 0 Å². The molecule has 0 aliphatic heterocycles. The van der Waals surface area contributed by atoms with Crippen molar-refractivity contribution in [3.8, 4) is 0 Å². The van der Waals surface area contributed by atoms with Gasteiger partial charge in [-0.3, -0.25) is 0 Å². The highest BCUT2D eigenvalue weighted by atomic mass is 79.9. The van der Waals surface area contributed by atoms with Crippen LogP contribution in [-0.4, -0.2) is 0 Å². The Morgan fingerprint density at radius 3 is 2.05 bits per heavy atom. The molecular formula is C19H18Br2. The Bertz CT molecular complexity index is 790. The summed E-state index contributed by atoms with van der Waals surface area (Å²) in [5.41, 5.74) is 1.43. The zero-order valence-electron chi connectivity index (χ0n) is 12.1. The Morgan fingerprint density at radius 2 is 1.38 bits per heavy atom. The number of halogens is 2. The summed E-state index contributed by atoms with van der Waals surface area (Å²) in [5.74, 6) is 0. The van der Waals surface area contributed by atoms with Crippen LogP contribution in [-0.2, 0) is 6.42 Å². The van der Waals surface area contributed by atoms with Crippen LogP contribution in [0.5, 0.6) is 0 Å². The smallest absolute Gasteiger partial charge is 0.0333 e. The normalized spacial score (nSPS) is 11.4. The van der Waals surface area contributed by atoms with E-state index in [-0.39, 0.29) is 0 Å². The van der Waals surface area contributed by atoms with Crippen LogP contribution in [0.2, 0.25) is 0 Å². The van der Waals surface area contributed by atoms with Gasteiger partial charge < -0.3 is 0 Å². The average Bonchev–Trinajstić information content (AvgIpc) is 2.53. The molecule has 0 spiro atoms. The van der Waals surface area contributed by atoms with Gasteiger partial charge in [-0.2, -0.15) is 0 Å². The summed E-state index contributed by atoms with van der Waals surface area (Å²) in [6.07, 6.45) is 5.02. The van der Waals surface area contributed by atoms with Gasteiger partial charge in [0.25, 0.3) is 0 Å². The first kappa shape index (κ1) is 15.1. The third-order valence-electron chi connectivity index (χ3n) is 4.03. The van der Waals surface area contributed by atoms with E-state index in [9.17, 15) is 0 Å². The van der Waals surface area contributed by atoms with Gasteiger partial charge in [0.1, 0.15) is 0 Å². The number of fused-ring (bicyclic) bond motifs is 2. The fraction of sp³-hybridized carbons (Fsp3) is 0.263. The third-order valence-corrected chi connectivity index (χ3v) is 5.73. The van der Waals surface area contributed by atoms with E-state index >= 15 is 0 Å². The molecule has 0 saturated heterocycles. The molecule has 2 heteroatoms. The predicted octanol–water partition coefficient (Wildman–Crippen LogP) is 7.25. The van der Waals surface area contributed by atoms with Gasteiger partial charge in [0.05, 0.1) is 0 Å². The number of aryl methyl sites for hydroxylation is 1. The van der Waals surface area contributed by atoms with Crippen molar-refractivity contribution in [1.29, 1.82) is 0 Å². The lowest BCUT2D eigenvalue weighted by molar-refractivity contribution is 0.718. The average molecular weight is 406 g/mol. The molecule has 21 heavy (non-hydrogen) atoms. The molecule has 0 radical (unpaired) electrons. The first-order chi connectivity index (χ1) is 10.2. The Balaban J connectivity index is 2.16. The Hall–Kier alpha value is -0.860. The van der Waals surface area contributed by atoms with Crippen molar-refractivity contribution in [1.82, 2.24) is 0 Å². The second-order valence-electron chi connectivity index (χ2n) is 5.51. The van der Waals surface area contributed by atoms with Crippen LogP contribution in [0.1, 0.15) is 31.7 Å². The van der Waals surface area contributed by atoms with E-state index in [1.807, 2.05) is 0 Å². The van der Waals surface area contributed by atoms with E-state index in [0.717, 1.165) is 0 Å². The van der Waals surface area contributed by atoms with Crippen molar-refractivity contribution < 1.29 is 0 Å². The summed E-state index contributed by atoms with van der Waals surface area (Å²) in [4.78, 5) is 0. The Labute approximate surface area is 142 Å². The molecule has 3 aromatic carbocycles. The molecule has 0 heterocycles.